The Hall–Kier alpha value is -3.09. The van der Waals surface area contributed by atoms with Crippen molar-refractivity contribution in [2.75, 3.05) is 36.0 Å². The summed E-state index contributed by atoms with van der Waals surface area (Å²) in [5.74, 6) is 0.882. The Morgan fingerprint density at radius 2 is 1.88 bits per heavy atom. The zero-order valence-corrected chi connectivity index (χ0v) is 14.7. The first-order valence-electron chi connectivity index (χ1n) is 8.71. The average molecular weight is 351 g/mol. The number of nitrogens with zero attached hydrogens (tertiary/aromatic N) is 5. The van der Waals surface area contributed by atoms with Crippen molar-refractivity contribution in [3.8, 4) is 0 Å². The number of carboxylic acids is 1. The van der Waals surface area contributed by atoms with E-state index in [-0.39, 0.29) is 6.54 Å². The smallest absolute Gasteiger partial charge is 0.323 e. The maximum atomic E-state index is 11.1. The molecule has 4 rings (SSSR count). The lowest BCUT2D eigenvalue weighted by molar-refractivity contribution is -0.137. The van der Waals surface area contributed by atoms with Crippen LogP contribution in [0.15, 0.2) is 42.6 Å². The standard InChI is InChI=1S/C19H21N5O2/c1-14-21-16-12-15(5-6-17(16)24(14)13-19(25)26)22-8-10-23(11-9-22)18-4-2-3-7-20-18/h2-7,12H,8-11,13H2,1H3,(H,25,26). The second kappa shape index (κ2) is 6.67. The van der Waals surface area contributed by atoms with Crippen LogP contribution in [0.2, 0.25) is 0 Å². The van der Waals surface area contributed by atoms with Gasteiger partial charge in [0.15, 0.2) is 0 Å². The predicted octanol–water partition coefficient (Wildman–Crippen LogP) is 2.15. The molecule has 0 bridgehead atoms. The minimum atomic E-state index is -0.859. The molecule has 1 saturated heterocycles. The highest BCUT2D eigenvalue weighted by Crippen LogP contribution is 2.24. The summed E-state index contributed by atoms with van der Waals surface area (Å²) in [6.45, 7) is 5.44. The molecule has 2 aromatic heterocycles. The molecule has 3 aromatic rings. The first-order chi connectivity index (χ1) is 12.6. The van der Waals surface area contributed by atoms with Crippen LogP contribution in [0.1, 0.15) is 5.82 Å². The third-order valence-electron chi connectivity index (χ3n) is 4.83. The predicted molar refractivity (Wildman–Crippen MR) is 101 cm³/mol. The maximum Gasteiger partial charge on any atom is 0.323 e. The summed E-state index contributed by atoms with van der Waals surface area (Å²) >= 11 is 0. The minimum Gasteiger partial charge on any atom is -0.480 e. The third kappa shape index (κ3) is 3.08. The molecular formula is C19H21N5O2. The lowest BCUT2D eigenvalue weighted by Gasteiger charge is -2.36. The van der Waals surface area contributed by atoms with E-state index in [1.54, 1.807) is 4.57 Å². The SMILES string of the molecule is Cc1nc2cc(N3CCN(c4ccccn4)CC3)ccc2n1CC(=O)O. The van der Waals surface area contributed by atoms with Gasteiger partial charge >= 0.3 is 5.97 Å². The highest BCUT2D eigenvalue weighted by molar-refractivity contribution is 5.82. The van der Waals surface area contributed by atoms with Gasteiger partial charge < -0.3 is 19.5 Å². The van der Waals surface area contributed by atoms with E-state index < -0.39 is 5.97 Å². The van der Waals surface area contributed by atoms with Crippen molar-refractivity contribution in [3.05, 3.63) is 48.4 Å². The fraction of sp³-hybridized carbons (Fsp3) is 0.316. The average Bonchev–Trinajstić information content (AvgIpc) is 2.97. The number of anilines is 2. The molecule has 0 saturated carbocycles. The van der Waals surface area contributed by atoms with Crippen LogP contribution in [0, 0.1) is 6.92 Å². The molecule has 1 aliphatic rings. The summed E-state index contributed by atoms with van der Waals surface area (Å²) < 4.78 is 1.74. The molecule has 1 aromatic carbocycles. The van der Waals surface area contributed by atoms with E-state index in [1.165, 1.54) is 0 Å². The van der Waals surface area contributed by atoms with Gasteiger partial charge in [-0.05, 0) is 37.3 Å². The lowest BCUT2D eigenvalue weighted by atomic mass is 10.2. The topological polar surface area (TPSA) is 74.5 Å². The van der Waals surface area contributed by atoms with Crippen molar-refractivity contribution >= 4 is 28.5 Å². The zero-order chi connectivity index (χ0) is 18.1. The van der Waals surface area contributed by atoms with Gasteiger partial charge in [-0.25, -0.2) is 9.97 Å². The van der Waals surface area contributed by atoms with E-state index in [1.807, 2.05) is 37.4 Å². The molecule has 1 fully saturated rings. The molecule has 134 valence electrons. The van der Waals surface area contributed by atoms with Crippen LogP contribution in [0.3, 0.4) is 0 Å². The van der Waals surface area contributed by atoms with Gasteiger partial charge in [0.25, 0.3) is 0 Å². The number of hydrogen-bond acceptors (Lipinski definition) is 5. The molecule has 0 radical (unpaired) electrons. The molecule has 3 heterocycles. The van der Waals surface area contributed by atoms with E-state index in [2.05, 4.69) is 31.9 Å². The highest BCUT2D eigenvalue weighted by Gasteiger charge is 2.19. The second-order valence-corrected chi connectivity index (χ2v) is 6.47. The molecule has 0 amide bonds. The number of hydrogen-bond donors (Lipinski definition) is 1. The van der Waals surface area contributed by atoms with Gasteiger partial charge in [-0.3, -0.25) is 4.79 Å². The Bertz CT molecular complexity index is 930. The van der Waals surface area contributed by atoms with E-state index in [0.717, 1.165) is 54.5 Å². The van der Waals surface area contributed by atoms with Gasteiger partial charge in [0.05, 0.1) is 11.0 Å². The van der Waals surface area contributed by atoms with Crippen molar-refractivity contribution in [2.45, 2.75) is 13.5 Å². The summed E-state index contributed by atoms with van der Waals surface area (Å²) in [4.78, 5) is 24.6. The van der Waals surface area contributed by atoms with Gasteiger partial charge in [-0.1, -0.05) is 6.07 Å². The number of imidazole rings is 1. The van der Waals surface area contributed by atoms with Crippen molar-refractivity contribution < 1.29 is 9.90 Å². The van der Waals surface area contributed by atoms with Crippen molar-refractivity contribution in [1.29, 1.82) is 0 Å². The molecule has 0 spiro atoms. The number of carbonyl (C=O) groups is 1. The van der Waals surface area contributed by atoms with Gasteiger partial charge in [0, 0.05) is 38.1 Å². The number of aliphatic carboxylic acids is 1. The van der Waals surface area contributed by atoms with Crippen molar-refractivity contribution in [3.63, 3.8) is 0 Å². The highest BCUT2D eigenvalue weighted by atomic mass is 16.4. The number of rotatable bonds is 4. The number of piperazine rings is 1. The molecule has 7 nitrogen and oxygen atoms in total. The summed E-state index contributed by atoms with van der Waals surface area (Å²) in [7, 11) is 0. The Balaban J connectivity index is 1.52. The maximum absolute atomic E-state index is 11.1. The van der Waals surface area contributed by atoms with E-state index in [0.29, 0.717) is 0 Å². The number of aromatic nitrogens is 3. The molecule has 0 unspecified atom stereocenters. The fourth-order valence-electron chi connectivity index (χ4n) is 3.50. The number of pyridine rings is 1. The van der Waals surface area contributed by atoms with Crippen LogP contribution in [0.4, 0.5) is 11.5 Å². The first kappa shape index (κ1) is 16.4. The number of benzene rings is 1. The van der Waals surface area contributed by atoms with Crippen LogP contribution in [-0.4, -0.2) is 51.8 Å². The van der Waals surface area contributed by atoms with Gasteiger partial charge in [0.1, 0.15) is 18.2 Å². The Kier molecular flexibility index (Phi) is 4.20. The van der Waals surface area contributed by atoms with Gasteiger partial charge in [-0.15, -0.1) is 0 Å². The molecule has 0 atom stereocenters. The monoisotopic (exact) mass is 351 g/mol. The van der Waals surface area contributed by atoms with Crippen LogP contribution in [0.25, 0.3) is 11.0 Å². The second-order valence-electron chi connectivity index (χ2n) is 6.47. The first-order valence-corrected chi connectivity index (χ1v) is 8.71. The molecule has 26 heavy (non-hydrogen) atoms. The zero-order valence-electron chi connectivity index (χ0n) is 14.7. The van der Waals surface area contributed by atoms with E-state index in [9.17, 15) is 4.79 Å². The summed E-state index contributed by atoms with van der Waals surface area (Å²) in [6, 6.07) is 12.1. The van der Waals surface area contributed by atoms with Crippen LogP contribution in [-0.2, 0) is 11.3 Å². The lowest BCUT2D eigenvalue weighted by Crippen LogP contribution is -2.46. The fourth-order valence-corrected chi connectivity index (χ4v) is 3.50. The molecule has 1 aliphatic heterocycles. The summed E-state index contributed by atoms with van der Waals surface area (Å²) in [5.41, 5.74) is 2.83. The molecule has 1 N–H and O–H groups in total. The molecular weight excluding hydrogens is 330 g/mol. The Morgan fingerprint density at radius 1 is 1.12 bits per heavy atom. The van der Waals surface area contributed by atoms with Crippen LogP contribution >= 0.6 is 0 Å². The number of carboxylic acid groups (broad SMARTS) is 1. The largest absolute Gasteiger partial charge is 0.480 e. The minimum absolute atomic E-state index is 0.0650. The van der Waals surface area contributed by atoms with Crippen molar-refractivity contribution in [1.82, 2.24) is 14.5 Å². The molecule has 7 heteroatoms. The quantitative estimate of drug-likeness (QED) is 0.776. The Morgan fingerprint density at radius 3 is 2.58 bits per heavy atom. The number of fused-ring (bicyclic) bond motifs is 1. The normalized spacial score (nSPS) is 14.8. The van der Waals surface area contributed by atoms with Crippen LogP contribution in [0.5, 0.6) is 0 Å². The Labute approximate surface area is 151 Å². The summed E-state index contributed by atoms with van der Waals surface area (Å²) in [5, 5.41) is 9.08. The van der Waals surface area contributed by atoms with E-state index in [4.69, 9.17) is 5.11 Å². The van der Waals surface area contributed by atoms with Crippen LogP contribution < -0.4 is 9.80 Å². The molecule has 0 aliphatic carbocycles. The number of aryl methyl sites for hydroxylation is 1. The van der Waals surface area contributed by atoms with Crippen molar-refractivity contribution in [2.24, 2.45) is 0 Å². The summed E-state index contributed by atoms with van der Waals surface area (Å²) in [6.07, 6.45) is 1.82. The van der Waals surface area contributed by atoms with E-state index >= 15 is 0 Å². The third-order valence-corrected chi connectivity index (χ3v) is 4.83. The van der Waals surface area contributed by atoms with Gasteiger partial charge in [0.2, 0.25) is 0 Å². The van der Waals surface area contributed by atoms with Gasteiger partial charge in [-0.2, -0.15) is 0 Å².